The summed E-state index contributed by atoms with van der Waals surface area (Å²) in [6.45, 7) is 4.30. The van der Waals surface area contributed by atoms with E-state index in [0.717, 1.165) is 36.8 Å². The van der Waals surface area contributed by atoms with Gasteiger partial charge in [0, 0.05) is 0 Å². The van der Waals surface area contributed by atoms with Crippen molar-refractivity contribution in [2.45, 2.75) is 120 Å². The van der Waals surface area contributed by atoms with Gasteiger partial charge in [0.05, 0.1) is 32.5 Å². The van der Waals surface area contributed by atoms with E-state index in [4.69, 9.17) is 23.7 Å². The van der Waals surface area contributed by atoms with Gasteiger partial charge >= 0.3 is 0 Å². The number of hydrogen-bond donors (Lipinski definition) is 3. The molecular weight excluding hydrogens is 548 g/mol. The minimum absolute atomic E-state index is 0.0818. The standard InChI is InChI=1S/C35H50O8/c1-2-3-4-5-6-7-8-9-16-21-28-33(39-23-26-17-12-10-13-18-26)34(40-24-27-19-14-11-15-20-27)30(42-28)25-41-35-32(38)31(37)29(22-36)43-35/h2,10-15,17-20,28-38H,1,3-9,16,21-25H2. The Hall–Kier alpha value is -2.14. The van der Waals surface area contributed by atoms with Crippen molar-refractivity contribution in [2.24, 2.45) is 0 Å². The van der Waals surface area contributed by atoms with Crippen molar-refractivity contribution in [1.29, 1.82) is 0 Å². The van der Waals surface area contributed by atoms with Gasteiger partial charge in [0.15, 0.2) is 6.29 Å². The summed E-state index contributed by atoms with van der Waals surface area (Å²) in [6, 6.07) is 20.1. The molecule has 2 fully saturated rings. The minimum Gasteiger partial charge on any atom is -0.394 e. The van der Waals surface area contributed by atoms with Crippen molar-refractivity contribution >= 4 is 0 Å². The van der Waals surface area contributed by atoms with Crippen LogP contribution in [0.5, 0.6) is 0 Å². The Morgan fingerprint density at radius 2 is 1.21 bits per heavy atom. The average Bonchev–Trinajstić information content (AvgIpc) is 3.52. The van der Waals surface area contributed by atoms with Gasteiger partial charge in [0.25, 0.3) is 0 Å². The number of allylic oxidation sites excluding steroid dienone is 1. The van der Waals surface area contributed by atoms with Crippen LogP contribution in [0, 0.1) is 0 Å². The van der Waals surface area contributed by atoms with Crippen LogP contribution in [0.3, 0.4) is 0 Å². The van der Waals surface area contributed by atoms with Crippen LogP contribution in [0.2, 0.25) is 0 Å². The first-order valence-electron chi connectivity index (χ1n) is 15.9. The lowest BCUT2D eigenvalue weighted by Crippen LogP contribution is -2.40. The maximum absolute atomic E-state index is 10.4. The van der Waals surface area contributed by atoms with E-state index < -0.39 is 43.4 Å². The number of benzene rings is 2. The third-order valence-corrected chi connectivity index (χ3v) is 8.30. The van der Waals surface area contributed by atoms with Crippen molar-refractivity contribution in [3.05, 3.63) is 84.4 Å². The Morgan fingerprint density at radius 1 is 0.651 bits per heavy atom. The summed E-state index contributed by atoms with van der Waals surface area (Å²) in [6.07, 6.45) is 6.39. The first kappa shape index (κ1) is 33.7. The van der Waals surface area contributed by atoms with Crippen LogP contribution in [0.4, 0.5) is 0 Å². The molecule has 8 nitrogen and oxygen atoms in total. The summed E-state index contributed by atoms with van der Waals surface area (Å²) < 4.78 is 31.1. The van der Waals surface area contributed by atoms with Gasteiger partial charge in [-0.05, 0) is 30.4 Å². The number of rotatable bonds is 20. The largest absolute Gasteiger partial charge is 0.394 e. The molecule has 2 aliphatic heterocycles. The van der Waals surface area contributed by atoms with Crippen LogP contribution in [0.1, 0.15) is 68.9 Å². The Bertz CT molecular complexity index is 1020. The molecule has 8 heteroatoms. The van der Waals surface area contributed by atoms with Crippen molar-refractivity contribution in [1.82, 2.24) is 0 Å². The van der Waals surface area contributed by atoms with Crippen LogP contribution in [0.15, 0.2) is 73.3 Å². The molecule has 0 radical (unpaired) electrons. The molecule has 8 unspecified atom stereocenters. The molecule has 0 aliphatic carbocycles. The molecule has 4 rings (SSSR count). The number of hydrogen-bond acceptors (Lipinski definition) is 8. The topological polar surface area (TPSA) is 107 Å². The summed E-state index contributed by atoms with van der Waals surface area (Å²) in [5.41, 5.74) is 2.12. The fraction of sp³-hybridized carbons (Fsp3) is 0.600. The number of aliphatic hydroxyl groups is 3. The Morgan fingerprint density at radius 3 is 1.77 bits per heavy atom. The third kappa shape index (κ3) is 10.5. The van der Waals surface area contributed by atoms with Gasteiger partial charge in [-0.1, -0.05) is 105 Å². The maximum Gasteiger partial charge on any atom is 0.186 e. The van der Waals surface area contributed by atoms with E-state index in [2.05, 4.69) is 6.58 Å². The predicted octanol–water partition coefficient (Wildman–Crippen LogP) is 5.08. The Balaban J connectivity index is 1.40. The van der Waals surface area contributed by atoms with Crippen LogP contribution in [0.25, 0.3) is 0 Å². The molecule has 3 N–H and O–H groups in total. The van der Waals surface area contributed by atoms with Gasteiger partial charge in [-0.3, -0.25) is 0 Å². The maximum atomic E-state index is 10.4. The highest BCUT2D eigenvalue weighted by Gasteiger charge is 2.48. The lowest BCUT2D eigenvalue weighted by atomic mass is 10.0. The molecule has 2 saturated heterocycles. The summed E-state index contributed by atoms with van der Waals surface area (Å²) in [4.78, 5) is 0. The number of ether oxygens (including phenoxy) is 5. The van der Waals surface area contributed by atoms with E-state index in [1.807, 2.05) is 66.7 Å². The van der Waals surface area contributed by atoms with Crippen LogP contribution < -0.4 is 0 Å². The second kappa shape index (κ2) is 18.6. The summed E-state index contributed by atoms with van der Waals surface area (Å²) in [7, 11) is 0. The summed E-state index contributed by atoms with van der Waals surface area (Å²) in [5.74, 6) is 0. The van der Waals surface area contributed by atoms with Crippen molar-refractivity contribution < 1.29 is 39.0 Å². The molecule has 0 saturated carbocycles. The zero-order valence-electron chi connectivity index (χ0n) is 25.3. The van der Waals surface area contributed by atoms with E-state index >= 15 is 0 Å². The molecule has 2 aromatic carbocycles. The van der Waals surface area contributed by atoms with E-state index in [-0.39, 0.29) is 18.8 Å². The summed E-state index contributed by atoms with van der Waals surface area (Å²) >= 11 is 0. The van der Waals surface area contributed by atoms with Gasteiger partial charge in [-0.2, -0.15) is 0 Å². The van der Waals surface area contributed by atoms with Crippen LogP contribution in [-0.4, -0.2) is 77.6 Å². The molecule has 2 heterocycles. The van der Waals surface area contributed by atoms with Gasteiger partial charge < -0.3 is 39.0 Å². The molecule has 8 atom stereocenters. The first-order valence-corrected chi connectivity index (χ1v) is 15.9. The van der Waals surface area contributed by atoms with Crippen molar-refractivity contribution in [3.63, 3.8) is 0 Å². The highest BCUT2D eigenvalue weighted by molar-refractivity contribution is 5.14. The minimum atomic E-state index is -1.26. The van der Waals surface area contributed by atoms with Gasteiger partial charge in [-0.15, -0.1) is 6.58 Å². The monoisotopic (exact) mass is 598 g/mol. The molecule has 238 valence electrons. The van der Waals surface area contributed by atoms with Gasteiger partial charge in [-0.25, -0.2) is 0 Å². The molecule has 2 aliphatic rings. The normalized spacial score (nSPS) is 28.8. The molecule has 0 aromatic heterocycles. The van der Waals surface area contributed by atoms with E-state index in [1.165, 1.54) is 32.1 Å². The second-order valence-corrected chi connectivity index (χ2v) is 11.6. The third-order valence-electron chi connectivity index (χ3n) is 8.30. The number of unbranched alkanes of at least 4 members (excludes halogenated alkanes) is 7. The lowest BCUT2D eigenvalue weighted by molar-refractivity contribution is -0.191. The van der Waals surface area contributed by atoms with Crippen LogP contribution >= 0.6 is 0 Å². The Labute approximate surface area is 256 Å². The highest BCUT2D eigenvalue weighted by Crippen LogP contribution is 2.33. The smallest absolute Gasteiger partial charge is 0.186 e. The molecular formula is C35H50O8. The lowest BCUT2D eigenvalue weighted by Gasteiger charge is -2.26. The van der Waals surface area contributed by atoms with E-state index in [0.29, 0.717) is 13.2 Å². The zero-order valence-corrected chi connectivity index (χ0v) is 25.3. The SMILES string of the molecule is C=CCCCCCCCCCC1OC(COC2OC(CO)C(O)C2O)C(OCc2ccccc2)C1OCc1ccccc1. The fourth-order valence-corrected chi connectivity index (χ4v) is 5.82. The average molecular weight is 599 g/mol. The van der Waals surface area contributed by atoms with Crippen LogP contribution in [-0.2, 0) is 36.9 Å². The Kier molecular flexibility index (Phi) is 14.6. The summed E-state index contributed by atoms with van der Waals surface area (Å²) in [5, 5.41) is 30.0. The first-order chi connectivity index (χ1) is 21.1. The second-order valence-electron chi connectivity index (χ2n) is 11.6. The highest BCUT2D eigenvalue weighted by atomic mass is 16.7. The molecule has 0 amide bonds. The van der Waals surface area contributed by atoms with Gasteiger partial charge in [0.1, 0.15) is 36.6 Å². The molecule has 0 bridgehead atoms. The van der Waals surface area contributed by atoms with Crippen molar-refractivity contribution in [3.8, 4) is 0 Å². The predicted molar refractivity (Wildman–Crippen MR) is 164 cm³/mol. The molecule has 43 heavy (non-hydrogen) atoms. The number of aliphatic hydroxyl groups excluding tert-OH is 3. The van der Waals surface area contributed by atoms with Crippen molar-refractivity contribution in [2.75, 3.05) is 13.2 Å². The molecule has 2 aromatic rings. The fourth-order valence-electron chi connectivity index (χ4n) is 5.82. The zero-order chi connectivity index (χ0) is 30.3. The van der Waals surface area contributed by atoms with E-state index in [1.54, 1.807) is 0 Å². The van der Waals surface area contributed by atoms with E-state index in [9.17, 15) is 15.3 Å². The molecule has 0 spiro atoms. The quantitative estimate of drug-likeness (QED) is 0.143. The van der Waals surface area contributed by atoms with Gasteiger partial charge in [0.2, 0.25) is 0 Å².